The van der Waals surface area contributed by atoms with Crippen LogP contribution in [0.1, 0.15) is 16.3 Å². The highest BCUT2D eigenvalue weighted by atomic mass is 35.5. The lowest BCUT2D eigenvalue weighted by Crippen LogP contribution is -2.00. The van der Waals surface area contributed by atoms with Crippen LogP contribution in [0.15, 0.2) is 42.5 Å². The Morgan fingerprint density at radius 1 is 1.00 bits per heavy atom. The fourth-order valence-corrected chi connectivity index (χ4v) is 4.41. The molecule has 0 aliphatic heterocycles. The van der Waals surface area contributed by atoms with E-state index in [1.165, 1.54) is 12.1 Å². The van der Waals surface area contributed by atoms with Crippen molar-refractivity contribution in [2.75, 3.05) is 5.32 Å². The predicted molar refractivity (Wildman–Crippen MR) is 112 cm³/mol. The van der Waals surface area contributed by atoms with E-state index in [0.717, 1.165) is 43.3 Å². The van der Waals surface area contributed by atoms with Crippen LogP contribution in [0.3, 0.4) is 0 Å². The molecule has 0 aliphatic rings. The van der Waals surface area contributed by atoms with Crippen molar-refractivity contribution in [3.63, 3.8) is 0 Å². The Morgan fingerprint density at radius 2 is 1.74 bits per heavy atom. The van der Waals surface area contributed by atoms with Gasteiger partial charge in [-0.3, -0.25) is 0 Å². The third-order valence-corrected chi connectivity index (χ3v) is 5.90. The summed E-state index contributed by atoms with van der Waals surface area (Å²) >= 11 is 7.88. The van der Waals surface area contributed by atoms with Crippen LogP contribution in [0.2, 0.25) is 5.02 Å². The Bertz CT molecular complexity index is 1150. The highest BCUT2D eigenvalue weighted by Crippen LogP contribution is 2.41. The van der Waals surface area contributed by atoms with Crippen LogP contribution >= 0.6 is 22.9 Å². The number of rotatable bonds is 3. The van der Waals surface area contributed by atoms with Crippen LogP contribution in [0, 0.1) is 26.6 Å². The molecule has 0 atom stereocenters. The first kappa shape index (κ1) is 17.9. The number of benzene rings is 2. The number of hydrogen-bond donors (Lipinski definition) is 1. The molecular weight excluding hydrogens is 381 g/mol. The molecule has 0 amide bonds. The number of hydrogen-bond acceptors (Lipinski definition) is 4. The number of aryl methyl sites for hydroxylation is 2. The van der Waals surface area contributed by atoms with Gasteiger partial charge in [0.15, 0.2) is 0 Å². The molecular formula is C21H17ClFN3S. The lowest BCUT2D eigenvalue weighted by Gasteiger charge is -2.13. The third-order valence-electron chi connectivity index (χ3n) is 4.49. The molecule has 3 nitrogen and oxygen atoms in total. The summed E-state index contributed by atoms with van der Waals surface area (Å²) in [7, 11) is 0. The fourth-order valence-electron chi connectivity index (χ4n) is 3.14. The van der Waals surface area contributed by atoms with Gasteiger partial charge >= 0.3 is 0 Å². The van der Waals surface area contributed by atoms with Gasteiger partial charge in [-0.25, -0.2) is 14.4 Å². The summed E-state index contributed by atoms with van der Waals surface area (Å²) in [6, 6.07) is 12.3. The van der Waals surface area contributed by atoms with Gasteiger partial charge in [0.05, 0.1) is 5.39 Å². The van der Waals surface area contributed by atoms with E-state index in [4.69, 9.17) is 11.6 Å². The normalized spacial score (nSPS) is 11.1. The molecule has 27 heavy (non-hydrogen) atoms. The Kier molecular flexibility index (Phi) is 4.58. The number of aromatic nitrogens is 2. The maximum atomic E-state index is 13.4. The van der Waals surface area contributed by atoms with Crippen LogP contribution in [0.4, 0.5) is 15.9 Å². The van der Waals surface area contributed by atoms with E-state index < -0.39 is 0 Å². The van der Waals surface area contributed by atoms with Crippen molar-refractivity contribution in [2.45, 2.75) is 20.8 Å². The van der Waals surface area contributed by atoms with Crippen molar-refractivity contribution in [3.8, 4) is 11.1 Å². The molecule has 0 unspecified atom stereocenters. The standard InChI is InChI=1S/C21H17ClFN3S/c1-11-16(22)5-4-6-17(11)26-20-19-18(14-7-9-15(23)10-8-14)12(2)27-21(19)25-13(3)24-20/h4-10H,1-3H3,(H,24,25,26). The van der Waals surface area contributed by atoms with Crippen LogP contribution in [0.25, 0.3) is 21.3 Å². The van der Waals surface area contributed by atoms with Gasteiger partial charge < -0.3 is 5.32 Å². The zero-order valence-corrected chi connectivity index (χ0v) is 16.7. The predicted octanol–water partition coefficient (Wildman–Crippen LogP) is 6.82. The number of nitrogens with zero attached hydrogens (tertiary/aromatic N) is 2. The molecule has 1 N–H and O–H groups in total. The number of anilines is 2. The van der Waals surface area contributed by atoms with Gasteiger partial charge in [0.2, 0.25) is 0 Å². The maximum absolute atomic E-state index is 13.4. The molecule has 0 aliphatic carbocycles. The van der Waals surface area contributed by atoms with Gasteiger partial charge in [-0.05, 0) is 56.2 Å². The van der Waals surface area contributed by atoms with Crippen LogP contribution in [0.5, 0.6) is 0 Å². The Morgan fingerprint density at radius 3 is 2.48 bits per heavy atom. The van der Waals surface area contributed by atoms with Gasteiger partial charge in [-0.15, -0.1) is 11.3 Å². The van der Waals surface area contributed by atoms with E-state index in [-0.39, 0.29) is 5.82 Å². The summed E-state index contributed by atoms with van der Waals surface area (Å²) < 4.78 is 13.4. The lowest BCUT2D eigenvalue weighted by atomic mass is 10.0. The van der Waals surface area contributed by atoms with Gasteiger partial charge in [0.1, 0.15) is 22.3 Å². The van der Waals surface area contributed by atoms with E-state index >= 15 is 0 Å². The summed E-state index contributed by atoms with van der Waals surface area (Å²) in [5.41, 5.74) is 3.82. The molecule has 2 heterocycles. The molecule has 2 aromatic heterocycles. The summed E-state index contributed by atoms with van der Waals surface area (Å²) in [4.78, 5) is 11.3. The first-order valence-corrected chi connectivity index (χ1v) is 9.69. The Hall–Kier alpha value is -2.50. The molecule has 0 radical (unpaired) electrons. The van der Waals surface area contributed by atoms with Gasteiger partial charge in [0.25, 0.3) is 0 Å². The van der Waals surface area contributed by atoms with Crippen molar-refractivity contribution in [3.05, 3.63) is 69.6 Å². The molecule has 136 valence electrons. The second kappa shape index (κ2) is 6.91. The molecule has 0 saturated heterocycles. The first-order chi connectivity index (χ1) is 12.9. The second-order valence-corrected chi connectivity index (χ2v) is 7.99. The minimum atomic E-state index is -0.254. The zero-order valence-electron chi connectivity index (χ0n) is 15.1. The van der Waals surface area contributed by atoms with E-state index in [1.807, 2.05) is 32.0 Å². The average Bonchev–Trinajstić information content (AvgIpc) is 2.95. The molecule has 0 bridgehead atoms. The highest BCUT2D eigenvalue weighted by Gasteiger charge is 2.18. The topological polar surface area (TPSA) is 37.8 Å². The van der Waals surface area contributed by atoms with Crippen molar-refractivity contribution in [1.29, 1.82) is 0 Å². The summed E-state index contributed by atoms with van der Waals surface area (Å²) in [6.45, 7) is 5.90. The first-order valence-electron chi connectivity index (χ1n) is 8.50. The van der Waals surface area contributed by atoms with Crippen molar-refractivity contribution < 1.29 is 4.39 Å². The van der Waals surface area contributed by atoms with Gasteiger partial charge in [-0.2, -0.15) is 0 Å². The molecule has 2 aromatic carbocycles. The van der Waals surface area contributed by atoms with Crippen LogP contribution in [-0.4, -0.2) is 9.97 Å². The van der Waals surface area contributed by atoms with E-state index in [9.17, 15) is 4.39 Å². The summed E-state index contributed by atoms with van der Waals surface area (Å²) in [6.07, 6.45) is 0. The average molecular weight is 398 g/mol. The monoisotopic (exact) mass is 397 g/mol. The minimum Gasteiger partial charge on any atom is -0.339 e. The van der Waals surface area contributed by atoms with E-state index in [0.29, 0.717) is 10.8 Å². The molecule has 0 fully saturated rings. The summed E-state index contributed by atoms with van der Waals surface area (Å²) in [5, 5.41) is 5.06. The van der Waals surface area contributed by atoms with Crippen LogP contribution in [-0.2, 0) is 0 Å². The zero-order chi connectivity index (χ0) is 19.1. The molecule has 4 rings (SSSR count). The number of thiophene rings is 1. The van der Waals surface area contributed by atoms with Crippen molar-refractivity contribution in [2.24, 2.45) is 0 Å². The van der Waals surface area contributed by atoms with E-state index in [2.05, 4.69) is 22.2 Å². The number of fused-ring (bicyclic) bond motifs is 1. The van der Waals surface area contributed by atoms with Crippen molar-refractivity contribution in [1.82, 2.24) is 9.97 Å². The number of halogens is 2. The van der Waals surface area contributed by atoms with Gasteiger partial charge in [0, 0.05) is 21.2 Å². The molecule has 0 spiro atoms. The quantitative estimate of drug-likeness (QED) is 0.412. The Labute approximate surface area is 165 Å². The molecule has 4 aromatic rings. The minimum absolute atomic E-state index is 0.254. The third kappa shape index (κ3) is 3.29. The molecule has 6 heteroatoms. The highest BCUT2D eigenvalue weighted by molar-refractivity contribution is 7.19. The Balaban J connectivity index is 1.94. The maximum Gasteiger partial charge on any atom is 0.143 e. The SMILES string of the molecule is Cc1nc(Nc2cccc(Cl)c2C)c2c(-c3ccc(F)cc3)c(C)sc2n1. The lowest BCUT2D eigenvalue weighted by molar-refractivity contribution is 0.628. The fraction of sp³-hybridized carbons (Fsp3) is 0.143. The smallest absolute Gasteiger partial charge is 0.143 e. The summed E-state index contributed by atoms with van der Waals surface area (Å²) in [5.74, 6) is 1.17. The van der Waals surface area contributed by atoms with Gasteiger partial charge in [-0.1, -0.05) is 29.8 Å². The van der Waals surface area contributed by atoms with Crippen molar-refractivity contribution >= 4 is 44.7 Å². The second-order valence-electron chi connectivity index (χ2n) is 6.38. The molecule has 0 saturated carbocycles. The van der Waals surface area contributed by atoms with E-state index in [1.54, 1.807) is 23.5 Å². The number of nitrogens with one attached hydrogen (secondary N) is 1. The largest absolute Gasteiger partial charge is 0.339 e. The van der Waals surface area contributed by atoms with Crippen LogP contribution < -0.4 is 5.32 Å².